The van der Waals surface area contributed by atoms with Gasteiger partial charge in [-0.2, -0.15) is 0 Å². The molecule has 2 saturated carbocycles. The van der Waals surface area contributed by atoms with Gasteiger partial charge in [-0.15, -0.1) is 0 Å². The van der Waals surface area contributed by atoms with Gasteiger partial charge in [0.15, 0.2) is 0 Å². The molecule has 1 saturated heterocycles. The first-order valence-corrected chi connectivity index (χ1v) is 7.94. The van der Waals surface area contributed by atoms with E-state index < -0.39 is 5.97 Å². The predicted octanol–water partition coefficient (Wildman–Crippen LogP) is 2.09. The van der Waals surface area contributed by atoms with Crippen LogP contribution in [0, 0.1) is 29.1 Å². The zero-order valence-electron chi connectivity index (χ0n) is 12.3. The molecule has 1 spiro atoms. The standard InChI is InChI=1S/C18H15NO4/c20-15-13-11-4-5-12(18(11)6-7-18)14(13)16(21)19(15)10-3-1-2-9(8-10)17(22)23/h1-5,8,11-14H,6-7H2,(H,22,23)/t11-,12-,13-,14+/m0/s1. The average Bonchev–Trinajstić information content (AvgIpc) is 3.13. The van der Waals surface area contributed by atoms with Gasteiger partial charge in [0.2, 0.25) is 11.8 Å². The van der Waals surface area contributed by atoms with Crippen LogP contribution in [0.3, 0.4) is 0 Å². The van der Waals surface area contributed by atoms with Gasteiger partial charge in [-0.05, 0) is 48.3 Å². The number of hydrogen-bond donors (Lipinski definition) is 1. The summed E-state index contributed by atoms with van der Waals surface area (Å²) in [4.78, 5) is 38.2. The Morgan fingerprint density at radius 3 is 2.22 bits per heavy atom. The van der Waals surface area contributed by atoms with Gasteiger partial charge in [-0.1, -0.05) is 18.2 Å². The highest BCUT2D eigenvalue weighted by Gasteiger charge is 2.73. The van der Waals surface area contributed by atoms with E-state index >= 15 is 0 Å². The van der Waals surface area contributed by atoms with Gasteiger partial charge in [0.1, 0.15) is 0 Å². The molecular formula is C18H15NO4. The Bertz CT molecular complexity index is 773. The molecule has 5 rings (SSSR count). The molecular weight excluding hydrogens is 294 g/mol. The zero-order valence-corrected chi connectivity index (χ0v) is 12.3. The lowest BCUT2D eigenvalue weighted by Crippen LogP contribution is -2.34. The van der Waals surface area contributed by atoms with Crippen LogP contribution in [-0.2, 0) is 9.59 Å². The highest BCUT2D eigenvalue weighted by Crippen LogP contribution is 2.73. The highest BCUT2D eigenvalue weighted by atomic mass is 16.4. The van der Waals surface area contributed by atoms with Gasteiger partial charge in [0, 0.05) is 0 Å². The van der Waals surface area contributed by atoms with E-state index in [1.54, 1.807) is 12.1 Å². The summed E-state index contributed by atoms with van der Waals surface area (Å²) in [6, 6.07) is 6.07. The van der Waals surface area contributed by atoms with Crippen molar-refractivity contribution in [3.8, 4) is 0 Å². The first kappa shape index (κ1) is 13.0. The Kier molecular flexibility index (Phi) is 2.22. The fourth-order valence-electron chi connectivity index (χ4n) is 5.11. The fourth-order valence-corrected chi connectivity index (χ4v) is 5.11. The summed E-state index contributed by atoms with van der Waals surface area (Å²) in [5.74, 6) is -1.54. The first-order chi connectivity index (χ1) is 11.0. The SMILES string of the molecule is O=C(O)c1cccc(N2C(=O)[C@@H]3[C@H](C2=O)[C@@H]2C=C[C@@H]3C23CC3)c1. The van der Waals surface area contributed by atoms with Crippen molar-refractivity contribution in [2.45, 2.75) is 12.8 Å². The Morgan fingerprint density at radius 1 is 1.09 bits per heavy atom. The lowest BCUT2D eigenvalue weighted by atomic mass is 9.85. The van der Waals surface area contributed by atoms with E-state index in [-0.39, 0.29) is 46.5 Å². The van der Waals surface area contributed by atoms with Gasteiger partial charge >= 0.3 is 5.97 Å². The maximum absolute atomic E-state index is 12.9. The predicted molar refractivity (Wildman–Crippen MR) is 80.7 cm³/mol. The van der Waals surface area contributed by atoms with Crippen molar-refractivity contribution < 1.29 is 19.5 Å². The van der Waals surface area contributed by atoms with Crippen LogP contribution in [0.5, 0.6) is 0 Å². The lowest BCUT2D eigenvalue weighted by Gasteiger charge is -2.21. The van der Waals surface area contributed by atoms with Gasteiger partial charge in [-0.25, -0.2) is 9.69 Å². The second kappa shape index (κ2) is 3.91. The molecule has 0 aromatic heterocycles. The molecule has 1 aromatic rings. The quantitative estimate of drug-likeness (QED) is 0.670. The minimum absolute atomic E-state index is 0.0833. The first-order valence-electron chi connectivity index (χ1n) is 7.94. The van der Waals surface area contributed by atoms with Gasteiger partial charge in [0.25, 0.3) is 0 Å². The smallest absolute Gasteiger partial charge is 0.335 e. The molecule has 1 aromatic carbocycles. The number of allylic oxidation sites excluding steroid dienone is 2. The van der Waals surface area contributed by atoms with Gasteiger partial charge < -0.3 is 5.11 Å². The van der Waals surface area contributed by atoms with Crippen LogP contribution < -0.4 is 4.90 Å². The summed E-state index contributed by atoms with van der Waals surface area (Å²) in [6.07, 6.45) is 6.47. The Morgan fingerprint density at radius 2 is 1.70 bits per heavy atom. The maximum atomic E-state index is 12.9. The molecule has 1 N–H and O–H groups in total. The molecule has 116 valence electrons. The number of amides is 2. The summed E-state index contributed by atoms with van der Waals surface area (Å²) in [6.45, 7) is 0. The van der Waals surface area contributed by atoms with Gasteiger partial charge in [0.05, 0.1) is 23.1 Å². The minimum atomic E-state index is -1.06. The monoisotopic (exact) mass is 309 g/mol. The zero-order chi connectivity index (χ0) is 15.9. The summed E-state index contributed by atoms with van der Waals surface area (Å²) >= 11 is 0. The molecule has 1 aliphatic heterocycles. The third kappa shape index (κ3) is 1.41. The van der Waals surface area contributed by atoms with Crippen molar-refractivity contribution in [3.05, 3.63) is 42.0 Å². The van der Waals surface area contributed by atoms with Crippen LogP contribution in [-0.4, -0.2) is 22.9 Å². The van der Waals surface area contributed by atoms with Crippen LogP contribution in [0.15, 0.2) is 36.4 Å². The van der Waals surface area contributed by atoms with Crippen molar-refractivity contribution in [1.29, 1.82) is 0 Å². The molecule has 0 unspecified atom stereocenters. The second-order valence-electron chi connectivity index (χ2n) is 7.09. The van der Waals surface area contributed by atoms with E-state index in [9.17, 15) is 14.4 Å². The summed E-state index contributed by atoms with van der Waals surface area (Å²) in [5, 5.41) is 9.12. The normalized spacial score (nSPS) is 35.2. The summed E-state index contributed by atoms with van der Waals surface area (Å²) < 4.78 is 0. The molecule has 5 heteroatoms. The van der Waals surface area contributed by atoms with E-state index in [2.05, 4.69) is 12.2 Å². The van der Waals surface area contributed by atoms with Gasteiger partial charge in [-0.3, -0.25) is 9.59 Å². The number of carbonyl (C=O) groups is 3. The maximum Gasteiger partial charge on any atom is 0.335 e. The minimum Gasteiger partial charge on any atom is -0.478 e. The molecule has 4 atom stereocenters. The summed E-state index contributed by atoms with van der Waals surface area (Å²) in [5.41, 5.74) is 0.633. The number of rotatable bonds is 2. The van der Waals surface area contributed by atoms with Crippen LogP contribution in [0.2, 0.25) is 0 Å². The molecule has 4 aliphatic rings. The fraction of sp³-hybridized carbons (Fsp3) is 0.389. The van der Waals surface area contributed by atoms with Crippen molar-refractivity contribution in [2.24, 2.45) is 29.1 Å². The number of anilines is 1. The van der Waals surface area contributed by atoms with Crippen molar-refractivity contribution in [3.63, 3.8) is 0 Å². The number of hydrogen-bond acceptors (Lipinski definition) is 3. The molecule has 3 fully saturated rings. The topological polar surface area (TPSA) is 74.7 Å². The lowest BCUT2D eigenvalue weighted by molar-refractivity contribution is -0.123. The number of fused-ring (bicyclic) bond motifs is 3. The van der Waals surface area contributed by atoms with Crippen LogP contribution >= 0.6 is 0 Å². The number of carboxylic acid groups (broad SMARTS) is 1. The molecule has 3 aliphatic carbocycles. The van der Waals surface area contributed by atoms with E-state index in [0.29, 0.717) is 5.69 Å². The van der Waals surface area contributed by atoms with Crippen molar-refractivity contribution >= 4 is 23.5 Å². The molecule has 23 heavy (non-hydrogen) atoms. The molecule has 2 amide bonds. The number of benzene rings is 1. The van der Waals surface area contributed by atoms with Crippen molar-refractivity contribution in [1.82, 2.24) is 0 Å². The second-order valence-corrected chi connectivity index (χ2v) is 7.09. The highest BCUT2D eigenvalue weighted by molar-refractivity contribution is 6.23. The van der Waals surface area contributed by atoms with Crippen LogP contribution in [0.25, 0.3) is 0 Å². The third-order valence-corrected chi connectivity index (χ3v) is 6.20. The van der Waals surface area contributed by atoms with E-state index in [0.717, 1.165) is 12.8 Å². The van der Waals surface area contributed by atoms with Crippen LogP contribution in [0.4, 0.5) is 5.69 Å². The largest absolute Gasteiger partial charge is 0.478 e. The molecule has 2 bridgehead atoms. The van der Waals surface area contributed by atoms with E-state index in [1.807, 2.05) is 0 Å². The van der Waals surface area contributed by atoms with Crippen molar-refractivity contribution in [2.75, 3.05) is 4.90 Å². The van der Waals surface area contributed by atoms with E-state index in [4.69, 9.17) is 5.11 Å². The molecule has 1 heterocycles. The average molecular weight is 309 g/mol. The third-order valence-electron chi connectivity index (χ3n) is 6.20. The number of carbonyl (C=O) groups excluding carboxylic acids is 2. The number of imide groups is 1. The Balaban J connectivity index is 1.56. The number of nitrogens with zero attached hydrogens (tertiary/aromatic N) is 1. The Labute approximate surface area is 132 Å². The van der Waals surface area contributed by atoms with Crippen LogP contribution in [0.1, 0.15) is 23.2 Å². The number of aromatic carboxylic acids is 1. The summed E-state index contributed by atoms with van der Waals surface area (Å²) in [7, 11) is 0. The molecule has 0 radical (unpaired) electrons. The Hall–Kier alpha value is -2.43. The molecule has 5 nitrogen and oxygen atoms in total. The number of carboxylic acids is 1. The van der Waals surface area contributed by atoms with E-state index in [1.165, 1.54) is 17.0 Å².